The number of hydrogen-bond acceptors (Lipinski definition) is 4. The maximum atomic E-state index is 10.3. The standard InChI is InChI=1S/C7H7NO.C5H5NOS/c8-5-6-3-1-2-4-7(6)9;6-5(7)4-2-1-3-8-4/h1-5,8-9H;1-3H,(H2,6,7). The van der Waals surface area contributed by atoms with Gasteiger partial charge in [0.2, 0.25) is 0 Å². The first-order valence-electron chi connectivity index (χ1n) is 4.77. The third-order valence-corrected chi connectivity index (χ3v) is 2.74. The number of phenols is 1. The van der Waals surface area contributed by atoms with E-state index in [0.717, 1.165) is 6.21 Å². The number of aromatic hydroxyl groups is 1. The maximum Gasteiger partial charge on any atom is 0.258 e. The zero-order chi connectivity index (χ0) is 12.7. The van der Waals surface area contributed by atoms with Crippen molar-refractivity contribution < 1.29 is 9.90 Å². The average molecular weight is 248 g/mol. The molecule has 5 heteroatoms. The van der Waals surface area contributed by atoms with Crippen molar-refractivity contribution in [1.82, 2.24) is 0 Å². The Morgan fingerprint density at radius 1 is 1.29 bits per heavy atom. The summed E-state index contributed by atoms with van der Waals surface area (Å²) in [6.07, 6.45) is 1.12. The molecule has 0 aliphatic carbocycles. The summed E-state index contributed by atoms with van der Waals surface area (Å²) in [5, 5.41) is 17.6. The fourth-order valence-corrected chi connectivity index (χ4v) is 1.61. The van der Waals surface area contributed by atoms with E-state index in [-0.39, 0.29) is 11.7 Å². The maximum absolute atomic E-state index is 10.3. The van der Waals surface area contributed by atoms with Gasteiger partial charge in [-0.25, -0.2) is 0 Å². The van der Waals surface area contributed by atoms with Gasteiger partial charge in [-0.1, -0.05) is 18.2 Å². The van der Waals surface area contributed by atoms with Crippen molar-refractivity contribution in [3.05, 3.63) is 52.2 Å². The topological polar surface area (TPSA) is 87.2 Å². The molecule has 1 aromatic heterocycles. The minimum atomic E-state index is -0.347. The predicted molar refractivity (Wildman–Crippen MR) is 68.8 cm³/mol. The number of phenolic OH excluding ortho intramolecular Hbond substituents is 1. The zero-order valence-corrected chi connectivity index (χ0v) is 9.78. The molecular weight excluding hydrogens is 236 g/mol. The van der Waals surface area contributed by atoms with Crippen LogP contribution in [0.2, 0.25) is 0 Å². The van der Waals surface area contributed by atoms with Gasteiger partial charge in [-0.2, -0.15) is 0 Å². The molecule has 2 rings (SSSR count). The Labute approximate surface area is 103 Å². The van der Waals surface area contributed by atoms with Crippen LogP contribution >= 0.6 is 11.3 Å². The molecule has 0 aliphatic heterocycles. The fourth-order valence-electron chi connectivity index (χ4n) is 1.03. The van der Waals surface area contributed by atoms with Crippen molar-refractivity contribution in [1.29, 1.82) is 5.41 Å². The Bertz CT molecular complexity index is 495. The fraction of sp³-hybridized carbons (Fsp3) is 0. The summed E-state index contributed by atoms with van der Waals surface area (Å²) in [7, 11) is 0. The van der Waals surface area contributed by atoms with Crippen molar-refractivity contribution in [2.24, 2.45) is 5.73 Å². The number of para-hydroxylation sites is 1. The highest BCUT2D eigenvalue weighted by Gasteiger charge is 1.96. The minimum absolute atomic E-state index is 0.160. The molecular formula is C12H12N2O2S. The zero-order valence-electron chi connectivity index (χ0n) is 8.96. The SMILES string of the molecule is N=Cc1ccccc1O.NC(=O)c1cccs1. The Balaban J connectivity index is 0.000000171. The van der Waals surface area contributed by atoms with Gasteiger partial charge in [0.15, 0.2) is 0 Å². The quantitative estimate of drug-likeness (QED) is 0.712. The number of carbonyl (C=O) groups excluding carboxylic acids is 1. The monoisotopic (exact) mass is 248 g/mol. The number of amides is 1. The summed E-state index contributed by atoms with van der Waals surface area (Å²) >= 11 is 1.36. The first-order chi connectivity index (χ1) is 8.15. The lowest BCUT2D eigenvalue weighted by atomic mass is 10.2. The average Bonchev–Trinajstić information content (AvgIpc) is 2.84. The van der Waals surface area contributed by atoms with E-state index < -0.39 is 0 Å². The molecule has 0 unspecified atom stereocenters. The molecule has 2 aromatic rings. The van der Waals surface area contributed by atoms with E-state index >= 15 is 0 Å². The Kier molecular flexibility index (Phi) is 4.90. The third-order valence-electron chi connectivity index (χ3n) is 1.86. The highest BCUT2D eigenvalue weighted by molar-refractivity contribution is 7.12. The lowest BCUT2D eigenvalue weighted by molar-refractivity contribution is 0.100. The van der Waals surface area contributed by atoms with Gasteiger partial charge in [-0.15, -0.1) is 11.3 Å². The second-order valence-electron chi connectivity index (χ2n) is 3.04. The van der Waals surface area contributed by atoms with Crippen molar-refractivity contribution >= 4 is 23.5 Å². The van der Waals surface area contributed by atoms with Crippen LogP contribution in [0.15, 0.2) is 41.8 Å². The molecule has 0 bridgehead atoms. The van der Waals surface area contributed by atoms with E-state index in [9.17, 15) is 4.79 Å². The summed E-state index contributed by atoms with van der Waals surface area (Å²) in [6, 6.07) is 10.2. The van der Waals surface area contributed by atoms with Crippen LogP contribution in [-0.2, 0) is 0 Å². The van der Waals surface area contributed by atoms with Crippen molar-refractivity contribution in [2.75, 3.05) is 0 Å². The van der Waals surface area contributed by atoms with E-state index in [2.05, 4.69) is 0 Å². The Morgan fingerprint density at radius 2 is 2.00 bits per heavy atom. The summed E-state index contributed by atoms with van der Waals surface area (Å²) < 4.78 is 0. The van der Waals surface area contributed by atoms with Gasteiger partial charge >= 0.3 is 0 Å². The second-order valence-corrected chi connectivity index (χ2v) is 3.99. The van der Waals surface area contributed by atoms with Crippen LogP contribution in [-0.4, -0.2) is 17.2 Å². The molecule has 17 heavy (non-hydrogen) atoms. The van der Waals surface area contributed by atoms with Crippen LogP contribution in [0.1, 0.15) is 15.2 Å². The summed E-state index contributed by atoms with van der Waals surface area (Å²) in [4.78, 5) is 10.9. The lowest BCUT2D eigenvalue weighted by Gasteiger charge is -1.92. The first-order valence-corrected chi connectivity index (χ1v) is 5.65. The van der Waals surface area contributed by atoms with E-state index in [0.29, 0.717) is 10.4 Å². The molecule has 0 spiro atoms. The summed E-state index contributed by atoms with van der Waals surface area (Å²) in [6.45, 7) is 0. The van der Waals surface area contributed by atoms with Gasteiger partial charge in [0.1, 0.15) is 5.75 Å². The van der Waals surface area contributed by atoms with Gasteiger partial charge in [-0.3, -0.25) is 4.79 Å². The molecule has 0 atom stereocenters. The molecule has 0 saturated carbocycles. The predicted octanol–water partition coefficient (Wildman–Crippen LogP) is 2.24. The number of hydrogen-bond donors (Lipinski definition) is 3. The lowest BCUT2D eigenvalue weighted by Crippen LogP contribution is -2.07. The molecule has 0 aliphatic rings. The van der Waals surface area contributed by atoms with Gasteiger partial charge < -0.3 is 16.2 Å². The molecule has 1 heterocycles. The van der Waals surface area contributed by atoms with Crippen LogP contribution in [0.4, 0.5) is 0 Å². The van der Waals surface area contributed by atoms with Gasteiger partial charge in [0.25, 0.3) is 5.91 Å². The number of nitrogens with one attached hydrogen (secondary N) is 1. The summed E-state index contributed by atoms with van der Waals surface area (Å²) in [5.41, 5.74) is 5.48. The number of benzene rings is 1. The van der Waals surface area contributed by atoms with Crippen LogP contribution in [0.3, 0.4) is 0 Å². The second kappa shape index (κ2) is 6.44. The van der Waals surface area contributed by atoms with Crippen molar-refractivity contribution in [3.63, 3.8) is 0 Å². The third kappa shape index (κ3) is 4.08. The van der Waals surface area contributed by atoms with E-state index in [1.807, 2.05) is 5.38 Å². The van der Waals surface area contributed by atoms with Crippen LogP contribution in [0, 0.1) is 5.41 Å². The van der Waals surface area contributed by atoms with Crippen molar-refractivity contribution in [3.8, 4) is 5.75 Å². The Morgan fingerprint density at radius 3 is 2.35 bits per heavy atom. The normalized spacial score (nSPS) is 8.94. The highest BCUT2D eigenvalue weighted by atomic mass is 32.1. The number of nitrogens with two attached hydrogens (primary N) is 1. The van der Waals surface area contributed by atoms with Crippen LogP contribution in [0.5, 0.6) is 5.75 Å². The van der Waals surface area contributed by atoms with Crippen LogP contribution in [0.25, 0.3) is 0 Å². The van der Waals surface area contributed by atoms with Gasteiger partial charge in [0.05, 0.1) is 4.88 Å². The number of primary amides is 1. The van der Waals surface area contributed by atoms with E-state index in [1.54, 1.807) is 36.4 Å². The molecule has 1 aromatic carbocycles. The molecule has 88 valence electrons. The van der Waals surface area contributed by atoms with Crippen LogP contribution < -0.4 is 5.73 Å². The largest absolute Gasteiger partial charge is 0.507 e. The van der Waals surface area contributed by atoms with E-state index in [4.69, 9.17) is 16.2 Å². The number of rotatable bonds is 2. The minimum Gasteiger partial charge on any atom is -0.507 e. The first kappa shape index (κ1) is 12.9. The van der Waals surface area contributed by atoms with Gasteiger partial charge in [-0.05, 0) is 23.6 Å². The summed E-state index contributed by atoms with van der Waals surface area (Å²) in [5.74, 6) is -0.187. The number of thiophene rings is 1. The van der Waals surface area contributed by atoms with E-state index in [1.165, 1.54) is 11.3 Å². The highest BCUT2D eigenvalue weighted by Crippen LogP contribution is 2.11. The van der Waals surface area contributed by atoms with Crippen molar-refractivity contribution in [2.45, 2.75) is 0 Å². The van der Waals surface area contributed by atoms with Gasteiger partial charge in [0, 0.05) is 11.8 Å². The molecule has 4 N–H and O–H groups in total. The molecule has 1 amide bonds. The molecule has 0 radical (unpaired) electrons. The smallest absolute Gasteiger partial charge is 0.258 e. The Hall–Kier alpha value is -2.14. The molecule has 0 fully saturated rings. The molecule has 0 saturated heterocycles. The number of carbonyl (C=O) groups is 1. The molecule has 4 nitrogen and oxygen atoms in total.